The first-order valence-corrected chi connectivity index (χ1v) is 11.8. The van der Waals surface area contributed by atoms with E-state index in [-0.39, 0.29) is 17.9 Å². The molecule has 1 N–H and O–H groups in total. The number of halogens is 2. The van der Waals surface area contributed by atoms with E-state index >= 15 is 0 Å². The molecule has 2 atom stereocenters. The number of hydrogen-bond acceptors (Lipinski definition) is 3. The van der Waals surface area contributed by atoms with E-state index in [4.69, 9.17) is 23.2 Å². The number of amides is 2. The first-order valence-electron chi connectivity index (χ1n) is 10.0. The average Bonchev–Trinajstić information content (AvgIpc) is 2.72. The summed E-state index contributed by atoms with van der Waals surface area (Å²) in [5, 5.41) is 4.26. The molecule has 0 aliphatic carbocycles. The quantitative estimate of drug-likeness (QED) is 0.449. The van der Waals surface area contributed by atoms with E-state index in [0.717, 1.165) is 16.9 Å². The van der Waals surface area contributed by atoms with Crippen LogP contribution < -0.4 is 5.32 Å². The van der Waals surface area contributed by atoms with Gasteiger partial charge in [-0.15, -0.1) is 11.8 Å². The van der Waals surface area contributed by atoms with E-state index in [1.165, 1.54) is 0 Å². The summed E-state index contributed by atoms with van der Waals surface area (Å²) in [6.45, 7) is 6.07. The van der Waals surface area contributed by atoms with Crippen LogP contribution in [0.5, 0.6) is 0 Å². The van der Waals surface area contributed by atoms with Crippen LogP contribution >= 0.6 is 35.0 Å². The molecule has 0 aliphatic heterocycles. The van der Waals surface area contributed by atoms with Gasteiger partial charge in [0.2, 0.25) is 11.8 Å². The minimum atomic E-state index is -0.578. The molecule has 7 heteroatoms. The maximum atomic E-state index is 13.1. The maximum Gasteiger partial charge on any atom is 0.242 e. The largest absolute Gasteiger partial charge is 0.352 e. The fourth-order valence-corrected chi connectivity index (χ4v) is 3.99. The van der Waals surface area contributed by atoms with Gasteiger partial charge in [-0.3, -0.25) is 9.59 Å². The van der Waals surface area contributed by atoms with Gasteiger partial charge in [0.15, 0.2) is 0 Å². The molecule has 0 saturated carbocycles. The molecule has 30 heavy (non-hydrogen) atoms. The van der Waals surface area contributed by atoms with Gasteiger partial charge in [-0.2, -0.15) is 0 Å². The van der Waals surface area contributed by atoms with Gasteiger partial charge in [-0.05, 0) is 62.2 Å². The molecule has 0 aliphatic rings. The van der Waals surface area contributed by atoms with Crippen molar-refractivity contribution in [1.29, 1.82) is 0 Å². The van der Waals surface area contributed by atoms with Gasteiger partial charge in [-0.1, -0.05) is 42.3 Å². The first-order chi connectivity index (χ1) is 14.3. The van der Waals surface area contributed by atoms with Crippen molar-refractivity contribution in [2.24, 2.45) is 0 Å². The van der Waals surface area contributed by atoms with Crippen molar-refractivity contribution in [1.82, 2.24) is 10.2 Å². The fourth-order valence-electron chi connectivity index (χ4n) is 2.81. The summed E-state index contributed by atoms with van der Waals surface area (Å²) in [6, 6.07) is 14.4. The van der Waals surface area contributed by atoms with E-state index in [1.807, 2.05) is 56.3 Å². The van der Waals surface area contributed by atoms with Gasteiger partial charge in [0.1, 0.15) is 6.04 Å². The number of nitrogens with one attached hydrogen (secondary N) is 1. The lowest BCUT2D eigenvalue weighted by Crippen LogP contribution is -2.49. The van der Waals surface area contributed by atoms with Crippen molar-refractivity contribution in [2.45, 2.75) is 57.1 Å². The molecule has 2 rings (SSSR count). The summed E-state index contributed by atoms with van der Waals surface area (Å²) in [5.74, 6) is 0.403. The number of rotatable bonds is 10. The zero-order valence-corrected chi connectivity index (χ0v) is 19.9. The van der Waals surface area contributed by atoms with Crippen molar-refractivity contribution in [3.63, 3.8) is 0 Å². The summed E-state index contributed by atoms with van der Waals surface area (Å²) in [5.41, 5.74) is 0.893. The van der Waals surface area contributed by atoms with Gasteiger partial charge in [0, 0.05) is 39.7 Å². The molecule has 2 aromatic carbocycles. The second kappa shape index (κ2) is 12.2. The molecule has 162 valence electrons. The van der Waals surface area contributed by atoms with Crippen LogP contribution in [-0.2, 0) is 16.1 Å². The Hall–Kier alpha value is -1.69. The van der Waals surface area contributed by atoms with Crippen molar-refractivity contribution in [3.05, 3.63) is 64.1 Å². The lowest BCUT2D eigenvalue weighted by molar-refractivity contribution is -0.140. The Balaban J connectivity index is 2.07. The summed E-state index contributed by atoms with van der Waals surface area (Å²) in [7, 11) is 0. The molecule has 2 aromatic rings. The summed E-state index contributed by atoms with van der Waals surface area (Å²) in [6.07, 6.45) is 1.16. The number of hydrogen-bond donors (Lipinski definition) is 1. The van der Waals surface area contributed by atoms with Crippen LogP contribution in [0.1, 0.15) is 39.2 Å². The Labute approximate surface area is 193 Å². The maximum absolute atomic E-state index is 13.1. The summed E-state index contributed by atoms with van der Waals surface area (Å²) >= 11 is 13.6. The molecule has 0 unspecified atom stereocenters. The van der Waals surface area contributed by atoms with Crippen molar-refractivity contribution >= 4 is 46.8 Å². The van der Waals surface area contributed by atoms with Crippen LogP contribution in [0, 0.1) is 0 Å². The predicted octanol–water partition coefficient (Wildman–Crippen LogP) is 5.81. The van der Waals surface area contributed by atoms with Crippen LogP contribution in [0.15, 0.2) is 53.4 Å². The highest BCUT2D eigenvalue weighted by Gasteiger charge is 2.26. The molecular formula is C23H28Cl2N2O2S. The molecule has 4 nitrogen and oxygen atoms in total. The topological polar surface area (TPSA) is 49.4 Å². The Morgan fingerprint density at radius 1 is 1.07 bits per heavy atom. The van der Waals surface area contributed by atoms with Crippen LogP contribution in [0.2, 0.25) is 10.0 Å². The third-order valence-corrected chi connectivity index (χ3v) is 6.31. The molecule has 0 bridgehead atoms. The van der Waals surface area contributed by atoms with E-state index < -0.39 is 6.04 Å². The minimum Gasteiger partial charge on any atom is -0.352 e. The number of thioether (sulfide) groups is 1. The van der Waals surface area contributed by atoms with E-state index in [1.54, 1.807) is 29.7 Å². The van der Waals surface area contributed by atoms with Gasteiger partial charge in [0.05, 0.1) is 0 Å². The molecule has 0 fully saturated rings. The van der Waals surface area contributed by atoms with Crippen molar-refractivity contribution < 1.29 is 9.59 Å². The SMILES string of the molecule is CC[C@H](C)NC(=O)[C@H](C)N(Cc1cccc(Cl)c1)C(=O)CCSc1ccc(Cl)cc1. The normalized spacial score (nSPS) is 12.8. The number of carbonyl (C=O) groups is 2. The second-order valence-electron chi connectivity index (χ2n) is 7.20. The molecule has 2 amide bonds. The second-order valence-corrected chi connectivity index (χ2v) is 9.24. The van der Waals surface area contributed by atoms with Crippen LogP contribution in [-0.4, -0.2) is 34.6 Å². The van der Waals surface area contributed by atoms with Crippen LogP contribution in [0.3, 0.4) is 0 Å². The lowest BCUT2D eigenvalue weighted by atomic mass is 10.1. The van der Waals surface area contributed by atoms with Gasteiger partial charge in [0.25, 0.3) is 0 Å². The summed E-state index contributed by atoms with van der Waals surface area (Å²) in [4.78, 5) is 28.4. The van der Waals surface area contributed by atoms with Crippen LogP contribution in [0.25, 0.3) is 0 Å². The van der Waals surface area contributed by atoms with Gasteiger partial charge >= 0.3 is 0 Å². The zero-order chi connectivity index (χ0) is 22.1. The van der Waals surface area contributed by atoms with E-state index in [0.29, 0.717) is 28.8 Å². The minimum absolute atomic E-state index is 0.0588. The standard InChI is InChI=1S/C23H28Cl2N2O2S/c1-4-16(2)26-23(29)17(3)27(15-18-6-5-7-20(25)14-18)22(28)12-13-30-21-10-8-19(24)9-11-21/h5-11,14,16-17H,4,12-13,15H2,1-3H3,(H,26,29)/t16-,17-/m0/s1. The molecular weight excluding hydrogens is 439 g/mol. The Kier molecular flexibility index (Phi) is 10.0. The highest BCUT2D eigenvalue weighted by Crippen LogP contribution is 2.22. The first kappa shape index (κ1) is 24.6. The molecule has 0 aromatic heterocycles. The highest BCUT2D eigenvalue weighted by molar-refractivity contribution is 7.99. The van der Waals surface area contributed by atoms with Gasteiger partial charge in [-0.25, -0.2) is 0 Å². The molecule has 0 radical (unpaired) electrons. The molecule has 0 saturated heterocycles. The number of benzene rings is 2. The third kappa shape index (κ3) is 7.86. The van der Waals surface area contributed by atoms with E-state index in [2.05, 4.69) is 5.32 Å². The predicted molar refractivity (Wildman–Crippen MR) is 126 cm³/mol. The number of carbonyl (C=O) groups excluding carboxylic acids is 2. The van der Waals surface area contributed by atoms with Crippen molar-refractivity contribution in [2.75, 3.05) is 5.75 Å². The monoisotopic (exact) mass is 466 g/mol. The Morgan fingerprint density at radius 2 is 1.77 bits per heavy atom. The zero-order valence-electron chi connectivity index (χ0n) is 17.5. The molecule has 0 heterocycles. The third-order valence-electron chi connectivity index (χ3n) is 4.81. The molecule has 0 spiro atoms. The summed E-state index contributed by atoms with van der Waals surface area (Å²) < 4.78 is 0. The highest BCUT2D eigenvalue weighted by atomic mass is 35.5. The smallest absolute Gasteiger partial charge is 0.242 e. The van der Waals surface area contributed by atoms with Crippen molar-refractivity contribution in [3.8, 4) is 0 Å². The Morgan fingerprint density at radius 3 is 2.40 bits per heavy atom. The fraction of sp³-hybridized carbons (Fsp3) is 0.391. The average molecular weight is 467 g/mol. The van der Waals surface area contributed by atoms with Crippen LogP contribution in [0.4, 0.5) is 0 Å². The van der Waals surface area contributed by atoms with E-state index in [9.17, 15) is 9.59 Å². The Bertz CT molecular complexity index is 845. The lowest BCUT2D eigenvalue weighted by Gasteiger charge is -2.29. The van der Waals surface area contributed by atoms with Gasteiger partial charge < -0.3 is 10.2 Å². The number of nitrogens with zero attached hydrogens (tertiary/aromatic N) is 1.